The van der Waals surface area contributed by atoms with Crippen LogP contribution >= 0.6 is 0 Å². The summed E-state index contributed by atoms with van der Waals surface area (Å²) in [5.74, 6) is -0.357. The number of carbonyl (C=O) groups excluding carboxylic acids is 2. The zero-order chi connectivity index (χ0) is 22.2. The van der Waals surface area contributed by atoms with Crippen molar-refractivity contribution in [1.82, 2.24) is 0 Å². The third-order valence-corrected chi connectivity index (χ3v) is 4.77. The topological polar surface area (TPSA) is 57.6 Å². The van der Waals surface area contributed by atoms with Gasteiger partial charge in [0.1, 0.15) is 5.75 Å². The Morgan fingerprint density at radius 2 is 1.45 bits per heavy atom. The molecule has 0 fully saturated rings. The van der Waals surface area contributed by atoms with E-state index in [1.54, 1.807) is 36.4 Å². The minimum atomic E-state index is -0.269. The molecule has 3 rings (SSSR count). The average molecular weight is 412 g/mol. The number of nitrogens with zero attached hydrogens (tertiary/aromatic N) is 1. The monoisotopic (exact) mass is 411 g/mol. The summed E-state index contributed by atoms with van der Waals surface area (Å²) in [6, 6.07) is 22.7. The molecule has 0 amide bonds. The van der Waals surface area contributed by atoms with Crippen molar-refractivity contribution in [3.63, 3.8) is 0 Å². The third kappa shape index (κ3) is 6.28. The van der Waals surface area contributed by atoms with E-state index < -0.39 is 0 Å². The first-order valence-electron chi connectivity index (χ1n) is 10.00. The number of allylic oxidation sites excluding steroid dienone is 2. The largest absolute Gasteiger partial charge is 0.508 e. The van der Waals surface area contributed by atoms with Crippen molar-refractivity contribution in [3.8, 4) is 16.9 Å². The van der Waals surface area contributed by atoms with Gasteiger partial charge < -0.3 is 10.0 Å². The first-order valence-corrected chi connectivity index (χ1v) is 10.00. The number of rotatable bonds is 8. The number of aromatic hydroxyl groups is 1. The zero-order valence-electron chi connectivity index (χ0n) is 17.7. The van der Waals surface area contributed by atoms with Crippen LogP contribution in [0.3, 0.4) is 0 Å². The normalized spacial score (nSPS) is 11.2. The molecule has 0 bridgehead atoms. The van der Waals surface area contributed by atoms with Gasteiger partial charge in [-0.25, -0.2) is 0 Å². The molecule has 0 saturated carbocycles. The van der Waals surface area contributed by atoms with Crippen molar-refractivity contribution < 1.29 is 14.7 Å². The van der Waals surface area contributed by atoms with Crippen LogP contribution in [0.1, 0.15) is 17.5 Å². The lowest BCUT2D eigenvalue weighted by Gasteiger charge is -2.17. The summed E-state index contributed by atoms with van der Waals surface area (Å²) >= 11 is 0. The summed E-state index contributed by atoms with van der Waals surface area (Å²) in [6.07, 6.45) is 6.04. The molecule has 0 aliphatic heterocycles. The Hall–Kier alpha value is -3.92. The molecule has 0 radical (unpaired) electrons. The van der Waals surface area contributed by atoms with Gasteiger partial charge in [-0.15, -0.1) is 0 Å². The lowest BCUT2D eigenvalue weighted by molar-refractivity contribution is -0.121. The van der Waals surface area contributed by atoms with Gasteiger partial charge in [0, 0.05) is 19.8 Å². The Morgan fingerprint density at radius 3 is 2.10 bits per heavy atom. The van der Waals surface area contributed by atoms with E-state index in [9.17, 15) is 14.7 Å². The summed E-state index contributed by atoms with van der Waals surface area (Å²) in [5.41, 5.74) is 4.91. The standard InChI is InChI=1S/C27H25NO3/c1-28(2)27-18-23(21-6-4-3-5-7-21)12-11-22(27)13-17-26(31)19-25(30)16-10-20-8-14-24(29)15-9-20/h3-18,29H,19H2,1-2H3. The number of carbonyl (C=O) groups is 2. The highest BCUT2D eigenvalue weighted by molar-refractivity contribution is 6.11. The molecule has 0 heterocycles. The van der Waals surface area contributed by atoms with Crippen LogP contribution in [0, 0.1) is 0 Å². The first-order chi connectivity index (χ1) is 14.9. The van der Waals surface area contributed by atoms with Crippen LogP contribution in [-0.2, 0) is 9.59 Å². The Balaban J connectivity index is 1.68. The van der Waals surface area contributed by atoms with Crippen molar-refractivity contribution >= 4 is 29.4 Å². The predicted octanol–water partition coefficient (Wildman–Crippen LogP) is 5.38. The molecule has 0 unspecified atom stereocenters. The molecule has 0 saturated heterocycles. The maximum atomic E-state index is 12.3. The highest BCUT2D eigenvalue weighted by Crippen LogP contribution is 2.28. The minimum Gasteiger partial charge on any atom is -0.508 e. The van der Waals surface area contributed by atoms with Gasteiger partial charge in [0.15, 0.2) is 11.6 Å². The number of hydrogen-bond donors (Lipinski definition) is 1. The van der Waals surface area contributed by atoms with Gasteiger partial charge in [0.05, 0.1) is 6.42 Å². The van der Waals surface area contributed by atoms with Crippen molar-refractivity contribution in [2.75, 3.05) is 19.0 Å². The molecule has 0 aliphatic rings. The first kappa shape index (κ1) is 21.8. The number of phenols is 1. The highest BCUT2D eigenvalue weighted by atomic mass is 16.3. The molecular formula is C27H25NO3. The van der Waals surface area contributed by atoms with Gasteiger partial charge in [-0.2, -0.15) is 0 Å². The Bertz CT molecular complexity index is 1110. The predicted molar refractivity (Wildman–Crippen MR) is 127 cm³/mol. The van der Waals surface area contributed by atoms with E-state index in [2.05, 4.69) is 18.2 Å². The second-order valence-electron chi connectivity index (χ2n) is 7.40. The van der Waals surface area contributed by atoms with Crippen molar-refractivity contribution in [3.05, 3.63) is 96.1 Å². The van der Waals surface area contributed by atoms with Crippen LogP contribution in [0.15, 0.2) is 84.9 Å². The molecule has 0 aromatic heterocycles. The second kappa shape index (κ2) is 10.2. The number of anilines is 1. The second-order valence-corrected chi connectivity index (χ2v) is 7.40. The van der Waals surface area contributed by atoms with Gasteiger partial charge in [0.25, 0.3) is 0 Å². The Labute approximate surface area is 182 Å². The van der Waals surface area contributed by atoms with Crippen molar-refractivity contribution in [1.29, 1.82) is 0 Å². The lowest BCUT2D eigenvalue weighted by Crippen LogP contribution is -2.10. The summed E-state index contributed by atoms with van der Waals surface area (Å²) in [4.78, 5) is 26.3. The molecule has 4 nitrogen and oxygen atoms in total. The lowest BCUT2D eigenvalue weighted by atomic mass is 10.0. The van der Waals surface area contributed by atoms with Crippen molar-refractivity contribution in [2.24, 2.45) is 0 Å². The summed E-state index contributed by atoms with van der Waals surface area (Å²) in [7, 11) is 3.92. The van der Waals surface area contributed by atoms with E-state index in [4.69, 9.17) is 0 Å². The SMILES string of the molecule is CN(C)c1cc(-c2ccccc2)ccc1C=CC(=O)CC(=O)C=Cc1ccc(O)cc1. The molecule has 156 valence electrons. The van der Waals surface area contributed by atoms with Gasteiger partial charge in [-0.1, -0.05) is 60.7 Å². The summed E-state index contributed by atoms with van der Waals surface area (Å²) in [6.45, 7) is 0. The zero-order valence-corrected chi connectivity index (χ0v) is 17.7. The van der Waals surface area contributed by atoms with Crippen LogP contribution in [0.5, 0.6) is 5.75 Å². The fourth-order valence-corrected chi connectivity index (χ4v) is 3.13. The van der Waals surface area contributed by atoms with E-state index in [-0.39, 0.29) is 23.7 Å². The maximum Gasteiger partial charge on any atom is 0.163 e. The van der Waals surface area contributed by atoms with Gasteiger partial charge in [-0.3, -0.25) is 9.59 Å². The number of phenolic OH excluding ortho intramolecular Hbond substituents is 1. The molecular weight excluding hydrogens is 386 g/mol. The van der Waals surface area contributed by atoms with Crippen LogP contribution in [0.4, 0.5) is 5.69 Å². The number of hydrogen-bond acceptors (Lipinski definition) is 4. The van der Waals surface area contributed by atoms with E-state index in [0.717, 1.165) is 27.9 Å². The fraction of sp³-hybridized carbons (Fsp3) is 0.111. The average Bonchev–Trinajstić information content (AvgIpc) is 2.77. The van der Waals surface area contributed by atoms with Gasteiger partial charge in [-0.05, 0) is 58.7 Å². The maximum absolute atomic E-state index is 12.3. The molecule has 31 heavy (non-hydrogen) atoms. The van der Waals surface area contributed by atoms with Gasteiger partial charge in [0.2, 0.25) is 0 Å². The minimum absolute atomic E-state index is 0.165. The van der Waals surface area contributed by atoms with Crippen LogP contribution in [-0.4, -0.2) is 30.8 Å². The summed E-state index contributed by atoms with van der Waals surface area (Å²) < 4.78 is 0. The van der Waals surface area contributed by atoms with E-state index in [0.29, 0.717) is 0 Å². The van der Waals surface area contributed by atoms with E-state index in [1.807, 2.05) is 49.3 Å². The van der Waals surface area contributed by atoms with Gasteiger partial charge >= 0.3 is 0 Å². The third-order valence-electron chi connectivity index (χ3n) is 4.77. The molecule has 0 aliphatic carbocycles. The van der Waals surface area contributed by atoms with Crippen molar-refractivity contribution in [2.45, 2.75) is 6.42 Å². The molecule has 1 N–H and O–H groups in total. The number of ketones is 2. The molecule has 4 heteroatoms. The molecule has 0 atom stereocenters. The number of benzene rings is 3. The summed E-state index contributed by atoms with van der Waals surface area (Å²) in [5, 5.41) is 9.29. The Kier molecular flexibility index (Phi) is 7.17. The quantitative estimate of drug-likeness (QED) is 0.399. The van der Waals surface area contributed by atoms with Crippen LogP contribution in [0.25, 0.3) is 23.3 Å². The molecule has 3 aromatic rings. The Morgan fingerprint density at radius 1 is 0.806 bits per heavy atom. The van der Waals surface area contributed by atoms with Crippen LogP contribution in [0.2, 0.25) is 0 Å². The highest BCUT2D eigenvalue weighted by Gasteiger charge is 2.08. The fourth-order valence-electron chi connectivity index (χ4n) is 3.13. The smallest absolute Gasteiger partial charge is 0.163 e. The van der Waals surface area contributed by atoms with E-state index >= 15 is 0 Å². The van der Waals surface area contributed by atoms with Crippen LogP contribution < -0.4 is 4.90 Å². The molecule has 0 spiro atoms. The van der Waals surface area contributed by atoms with E-state index in [1.165, 1.54) is 12.2 Å². The molecule has 3 aromatic carbocycles.